The van der Waals surface area contributed by atoms with Crippen molar-refractivity contribution in [2.45, 2.75) is 56.5 Å². The fraction of sp³-hybridized carbons (Fsp3) is 0.344. The van der Waals surface area contributed by atoms with Crippen molar-refractivity contribution < 1.29 is 29.3 Å². The molecule has 8 heteroatoms. The standard InChI is InChI=1S/C32H37NO6S/c1-38-28-15-12-24(13-16-28)9-6-4-2-3-5-7-20-39-30-18-14-27(33-29(30)17-19-31(34)35)23-40-22-25-10-8-11-26(21-25)32(36)37/h8,10-19,21H,2-7,9,20,22-23H2,1H3,(H,34,35)(H,36,37)/b19-17+. The van der Waals surface area contributed by atoms with Crippen LogP contribution < -0.4 is 9.47 Å². The lowest BCUT2D eigenvalue weighted by Gasteiger charge is -2.11. The summed E-state index contributed by atoms with van der Waals surface area (Å²) in [5, 5.41) is 18.2. The second-order valence-corrected chi connectivity index (χ2v) is 10.4. The van der Waals surface area contributed by atoms with Gasteiger partial charge in [-0.25, -0.2) is 14.6 Å². The van der Waals surface area contributed by atoms with E-state index in [1.807, 2.05) is 30.3 Å². The van der Waals surface area contributed by atoms with Gasteiger partial charge in [-0.15, -0.1) is 0 Å². The maximum Gasteiger partial charge on any atom is 0.335 e. The zero-order valence-corrected chi connectivity index (χ0v) is 23.7. The minimum Gasteiger partial charge on any atom is -0.497 e. The summed E-state index contributed by atoms with van der Waals surface area (Å²) < 4.78 is 11.2. The van der Waals surface area contributed by atoms with Gasteiger partial charge in [0.2, 0.25) is 0 Å². The Morgan fingerprint density at radius 3 is 2.35 bits per heavy atom. The van der Waals surface area contributed by atoms with E-state index in [-0.39, 0.29) is 5.56 Å². The first-order valence-electron chi connectivity index (χ1n) is 13.5. The molecular formula is C32H37NO6S. The lowest BCUT2D eigenvalue weighted by atomic mass is 10.0. The van der Waals surface area contributed by atoms with Crippen molar-refractivity contribution in [1.29, 1.82) is 0 Å². The molecule has 0 amide bonds. The second kappa shape index (κ2) is 17.0. The van der Waals surface area contributed by atoms with Gasteiger partial charge in [-0.3, -0.25) is 0 Å². The molecule has 2 aromatic carbocycles. The van der Waals surface area contributed by atoms with E-state index < -0.39 is 11.9 Å². The number of ether oxygens (including phenoxy) is 2. The SMILES string of the molecule is COc1ccc(CCCCCCCCOc2ccc(CSCc3cccc(C(=O)O)c3)nc2/C=C/C(=O)O)cc1. The molecule has 0 spiro atoms. The van der Waals surface area contributed by atoms with Gasteiger partial charge in [-0.05, 0) is 72.9 Å². The molecule has 7 nitrogen and oxygen atoms in total. The zero-order chi connectivity index (χ0) is 28.6. The van der Waals surface area contributed by atoms with E-state index in [0.717, 1.165) is 48.8 Å². The number of carboxylic acids is 2. The van der Waals surface area contributed by atoms with Gasteiger partial charge in [0.1, 0.15) is 17.2 Å². The van der Waals surface area contributed by atoms with Crippen molar-refractivity contribution in [2.24, 2.45) is 0 Å². The molecule has 1 aromatic heterocycles. The molecule has 40 heavy (non-hydrogen) atoms. The van der Waals surface area contributed by atoms with Gasteiger partial charge >= 0.3 is 11.9 Å². The lowest BCUT2D eigenvalue weighted by molar-refractivity contribution is -0.131. The van der Waals surface area contributed by atoms with Crippen LogP contribution in [0.25, 0.3) is 6.08 Å². The van der Waals surface area contributed by atoms with E-state index in [1.165, 1.54) is 30.9 Å². The van der Waals surface area contributed by atoms with Gasteiger partial charge < -0.3 is 19.7 Å². The zero-order valence-electron chi connectivity index (χ0n) is 22.9. The lowest BCUT2D eigenvalue weighted by Crippen LogP contribution is -2.02. The normalized spacial score (nSPS) is 11.0. The number of unbranched alkanes of at least 4 members (excludes halogenated alkanes) is 5. The summed E-state index contributed by atoms with van der Waals surface area (Å²) in [5.74, 6) is 0.712. The van der Waals surface area contributed by atoms with Gasteiger partial charge in [-0.1, -0.05) is 49.9 Å². The molecule has 212 valence electrons. The van der Waals surface area contributed by atoms with Crippen LogP contribution in [-0.2, 0) is 22.7 Å². The smallest absolute Gasteiger partial charge is 0.335 e. The number of thioether (sulfide) groups is 1. The van der Waals surface area contributed by atoms with Crippen LogP contribution in [0.5, 0.6) is 11.5 Å². The Labute approximate surface area is 240 Å². The average Bonchev–Trinajstić information content (AvgIpc) is 2.96. The summed E-state index contributed by atoms with van der Waals surface area (Å²) in [6.07, 6.45) is 10.3. The number of benzene rings is 2. The first-order chi connectivity index (χ1) is 19.4. The van der Waals surface area contributed by atoms with Gasteiger partial charge in [-0.2, -0.15) is 11.8 Å². The van der Waals surface area contributed by atoms with Gasteiger partial charge in [0.15, 0.2) is 0 Å². The Kier molecular flexibility index (Phi) is 13.1. The molecule has 0 aliphatic rings. The molecule has 3 aromatic rings. The average molecular weight is 564 g/mol. The van der Waals surface area contributed by atoms with Crippen molar-refractivity contribution in [2.75, 3.05) is 13.7 Å². The number of rotatable bonds is 18. The van der Waals surface area contributed by atoms with Crippen molar-refractivity contribution in [1.82, 2.24) is 4.98 Å². The Morgan fingerprint density at radius 1 is 0.875 bits per heavy atom. The van der Waals surface area contributed by atoms with Gasteiger partial charge in [0, 0.05) is 17.6 Å². The summed E-state index contributed by atoms with van der Waals surface area (Å²) in [7, 11) is 1.68. The number of hydrogen-bond acceptors (Lipinski definition) is 6. The second-order valence-electron chi connectivity index (χ2n) is 9.42. The highest BCUT2D eigenvalue weighted by atomic mass is 32.2. The van der Waals surface area contributed by atoms with E-state index in [4.69, 9.17) is 19.7 Å². The van der Waals surface area contributed by atoms with Crippen molar-refractivity contribution in [3.8, 4) is 11.5 Å². The molecule has 0 radical (unpaired) electrons. The third kappa shape index (κ3) is 11.1. The van der Waals surface area contributed by atoms with Crippen LogP contribution >= 0.6 is 11.8 Å². The van der Waals surface area contributed by atoms with Crippen LogP contribution in [0.15, 0.2) is 66.7 Å². The number of methoxy groups -OCH3 is 1. The molecule has 1 heterocycles. The Morgan fingerprint density at radius 2 is 1.62 bits per heavy atom. The molecule has 0 fully saturated rings. The van der Waals surface area contributed by atoms with E-state index in [0.29, 0.717) is 29.6 Å². The topological polar surface area (TPSA) is 106 Å². The molecular weight excluding hydrogens is 526 g/mol. The fourth-order valence-corrected chi connectivity index (χ4v) is 5.04. The molecule has 3 rings (SSSR count). The van der Waals surface area contributed by atoms with Gasteiger partial charge in [0.05, 0.1) is 25.0 Å². The number of nitrogens with zero attached hydrogens (tertiary/aromatic N) is 1. The Hall–Kier alpha value is -3.78. The molecule has 0 saturated carbocycles. The molecule has 0 atom stereocenters. The minimum atomic E-state index is -1.04. The predicted octanol–water partition coefficient (Wildman–Crippen LogP) is 7.28. The van der Waals surface area contributed by atoms with Crippen LogP contribution in [0.1, 0.15) is 71.4 Å². The number of carbonyl (C=O) groups is 2. The summed E-state index contributed by atoms with van der Waals surface area (Å²) in [6, 6.07) is 18.9. The van der Waals surface area contributed by atoms with Crippen LogP contribution in [-0.4, -0.2) is 40.9 Å². The number of hydrogen-bond donors (Lipinski definition) is 2. The number of aryl methyl sites for hydroxylation is 1. The van der Waals surface area contributed by atoms with E-state index in [9.17, 15) is 9.59 Å². The highest BCUT2D eigenvalue weighted by Gasteiger charge is 2.08. The molecule has 0 aliphatic carbocycles. The number of pyridine rings is 1. The Bertz CT molecular complexity index is 1260. The minimum absolute atomic E-state index is 0.267. The van der Waals surface area contributed by atoms with E-state index in [1.54, 1.807) is 37.1 Å². The van der Waals surface area contributed by atoms with Crippen LogP contribution in [0.4, 0.5) is 0 Å². The first kappa shape index (κ1) is 30.8. The maximum atomic E-state index is 11.2. The van der Waals surface area contributed by atoms with Crippen LogP contribution in [0, 0.1) is 0 Å². The molecule has 0 saturated heterocycles. The number of aromatic nitrogens is 1. The summed E-state index contributed by atoms with van der Waals surface area (Å²) in [6.45, 7) is 0.551. The highest BCUT2D eigenvalue weighted by Crippen LogP contribution is 2.23. The number of carboxylic acid groups (broad SMARTS) is 2. The first-order valence-corrected chi connectivity index (χ1v) is 14.7. The van der Waals surface area contributed by atoms with Gasteiger partial charge in [0.25, 0.3) is 0 Å². The highest BCUT2D eigenvalue weighted by molar-refractivity contribution is 7.97. The molecule has 0 bridgehead atoms. The van der Waals surface area contributed by atoms with Crippen LogP contribution in [0.3, 0.4) is 0 Å². The van der Waals surface area contributed by atoms with Crippen molar-refractivity contribution >= 4 is 29.8 Å². The third-order valence-electron chi connectivity index (χ3n) is 6.30. The van der Waals surface area contributed by atoms with Crippen molar-refractivity contribution in [3.63, 3.8) is 0 Å². The molecule has 0 unspecified atom stereocenters. The van der Waals surface area contributed by atoms with Crippen molar-refractivity contribution in [3.05, 3.63) is 94.8 Å². The molecule has 2 N–H and O–H groups in total. The summed E-state index contributed by atoms with van der Waals surface area (Å²) in [5.41, 5.74) is 3.82. The van der Waals surface area contributed by atoms with E-state index >= 15 is 0 Å². The fourth-order valence-electron chi connectivity index (χ4n) is 4.16. The summed E-state index contributed by atoms with van der Waals surface area (Å²) >= 11 is 1.61. The number of aromatic carboxylic acids is 1. The monoisotopic (exact) mass is 563 g/mol. The quantitative estimate of drug-likeness (QED) is 0.123. The molecule has 0 aliphatic heterocycles. The van der Waals surface area contributed by atoms with E-state index in [2.05, 4.69) is 17.1 Å². The largest absolute Gasteiger partial charge is 0.497 e. The summed E-state index contributed by atoms with van der Waals surface area (Å²) in [4.78, 5) is 26.9. The maximum absolute atomic E-state index is 11.2. The van der Waals surface area contributed by atoms with Crippen LogP contribution in [0.2, 0.25) is 0 Å². The Balaban J connectivity index is 1.39. The predicted molar refractivity (Wildman–Crippen MR) is 159 cm³/mol. The third-order valence-corrected chi connectivity index (χ3v) is 7.33. The number of aliphatic carboxylic acids is 1.